The molecule has 4 bridgehead atoms. The zero-order chi connectivity index (χ0) is 26.2. The molecule has 4 fully saturated rings. The number of halogens is 3. The van der Waals surface area contributed by atoms with Crippen molar-refractivity contribution in [2.45, 2.75) is 70.9 Å². The van der Waals surface area contributed by atoms with Crippen LogP contribution in [0.2, 0.25) is 0 Å². The van der Waals surface area contributed by atoms with E-state index in [0.29, 0.717) is 40.9 Å². The predicted octanol–water partition coefficient (Wildman–Crippen LogP) is 5.46. The molecule has 0 spiro atoms. The molecule has 3 N–H and O–H groups in total. The van der Waals surface area contributed by atoms with Crippen molar-refractivity contribution in [3.63, 3.8) is 0 Å². The summed E-state index contributed by atoms with van der Waals surface area (Å²) in [6.45, 7) is 5.22. The number of nitriles is 1. The van der Waals surface area contributed by atoms with Crippen molar-refractivity contribution in [1.82, 2.24) is 15.3 Å². The van der Waals surface area contributed by atoms with Crippen molar-refractivity contribution in [2.75, 3.05) is 17.2 Å². The third kappa shape index (κ3) is 5.77. The van der Waals surface area contributed by atoms with E-state index in [1.165, 1.54) is 50.4 Å². The van der Waals surface area contributed by atoms with Crippen LogP contribution in [0.15, 0.2) is 30.5 Å². The lowest BCUT2D eigenvalue weighted by Gasteiger charge is -2.60. The summed E-state index contributed by atoms with van der Waals surface area (Å²) in [5.41, 5.74) is 0.862. The van der Waals surface area contributed by atoms with Gasteiger partial charge in [-0.15, -0.1) is 13.2 Å². The summed E-state index contributed by atoms with van der Waals surface area (Å²) < 4.78 is 42.4. The average molecular weight is 515 g/mol. The maximum Gasteiger partial charge on any atom is 0.573 e. The van der Waals surface area contributed by atoms with Gasteiger partial charge in [-0.3, -0.25) is 0 Å². The molecular weight excluding hydrogens is 481 g/mol. The number of ether oxygens (including phenoxy) is 1. The van der Waals surface area contributed by atoms with Crippen LogP contribution in [0.3, 0.4) is 0 Å². The molecule has 1 aromatic heterocycles. The Bertz CT molecular complexity index is 1150. The molecule has 1 aromatic carbocycles. The van der Waals surface area contributed by atoms with Crippen LogP contribution < -0.4 is 20.7 Å². The van der Waals surface area contributed by atoms with E-state index in [4.69, 9.17) is 0 Å². The van der Waals surface area contributed by atoms with Gasteiger partial charge in [0.05, 0.1) is 6.20 Å². The standard InChI is InChI=1S/C27H33F3N6O/c1-16(2)35-23-19-7-17-8-20(23)11-26(9-17,10-19)15-34-24-21(12-31)14-33-25(36-24)32-13-18-5-3-4-6-22(18)37-27(28,29)30/h3-6,14,16-17,19-20,23,35H,7-11,13,15H2,1-2H3,(H2,32,33,34,36)/t17?,19-,20+,23?,26?. The fourth-order valence-electron chi connectivity index (χ4n) is 7.07. The van der Waals surface area contributed by atoms with Crippen molar-refractivity contribution < 1.29 is 17.9 Å². The normalized spacial score (nSPS) is 28.2. The minimum absolute atomic E-state index is 0.0385. The first kappa shape index (κ1) is 25.6. The van der Waals surface area contributed by atoms with Crippen LogP contribution in [0.25, 0.3) is 0 Å². The zero-order valence-corrected chi connectivity index (χ0v) is 21.1. The van der Waals surface area contributed by atoms with E-state index >= 15 is 0 Å². The van der Waals surface area contributed by atoms with E-state index in [-0.39, 0.29) is 23.7 Å². The van der Waals surface area contributed by atoms with Crippen molar-refractivity contribution >= 4 is 11.8 Å². The molecule has 5 atom stereocenters. The quantitative estimate of drug-likeness (QED) is 0.409. The van der Waals surface area contributed by atoms with Gasteiger partial charge in [-0.25, -0.2) is 4.98 Å². The number of rotatable bonds is 9. The molecule has 0 radical (unpaired) electrons. The summed E-state index contributed by atoms with van der Waals surface area (Å²) >= 11 is 0. The van der Waals surface area contributed by atoms with Gasteiger partial charge in [0.1, 0.15) is 23.2 Å². The Morgan fingerprint density at radius 1 is 1.14 bits per heavy atom. The number of anilines is 2. The number of hydrogen-bond acceptors (Lipinski definition) is 7. The molecule has 198 valence electrons. The second-order valence-corrected chi connectivity index (χ2v) is 11.2. The molecule has 2 aromatic rings. The summed E-state index contributed by atoms with van der Waals surface area (Å²) in [7, 11) is 0. The smallest absolute Gasteiger partial charge is 0.405 e. The van der Waals surface area contributed by atoms with Crippen LogP contribution in [0.4, 0.5) is 24.9 Å². The topological polar surface area (TPSA) is 94.9 Å². The van der Waals surface area contributed by atoms with Crippen LogP contribution in [-0.2, 0) is 6.54 Å². The second-order valence-electron chi connectivity index (χ2n) is 11.2. The van der Waals surface area contributed by atoms with Gasteiger partial charge in [0.25, 0.3) is 0 Å². The first-order valence-corrected chi connectivity index (χ1v) is 13.0. The molecule has 4 saturated carbocycles. The molecule has 6 rings (SSSR count). The summed E-state index contributed by atoms with van der Waals surface area (Å²) in [6.07, 6.45) is 2.81. The lowest BCUT2D eigenvalue weighted by molar-refractivity contribution is -0.274. The highest BCUT2D eigenvalue weighted by Crippen LogP contribution is 2.60. The largest absolute Gasteiger partial charge is 0.573 e. The summed E-state index contributed by atoms with van der Waals surface area (Å²) in [4.78, 5) is 8.69. The Kier molecular flexibility index (Phi) is 6.92. The van der Waals surface area contributed by atoms with Gasteiger partial charge < -0.3 is 20.7 Å². The van der Waals surface area contributed by atoms with Crippen molar-refractivity contribution in [2.24, 2.45) is 23.2 Å². The lowest BCUT2D eigenvalue weighted by atomic mass is 9.48. The van der Waals surface area contributed by atoms with E-state index in [9.17, 15) is 18.4 Å². The SMILES string of the molecule is CC(C)NC1[C@@H]2CC3C[C@H]1CC(CNc1nc(NCc4ccccc4OC(F)(F)F)ncc1C#N)(C3)C2. The molecule has 37 heavy (non-hydrogen) atoms. The van der Waals surface area contributed by atoms with Crippen molar-refractivity contribution in [1.29, 1.82) is 5.26 Å². The third-order valence-corrected chi connectivity index (χ3v) is 8.10. The fraction of sp³-hybridized carbons (Fsp3) is 0.593. The van der Waals surface area contributed by atoms with E-state index in [2.05, 4.69) is 50.6 Å². The molecule has 3 unspecified atom stereocenters. The number of nitrogens with zero attached hydrogens (tertiary/aromatic N) is 3. The maximum absolute atomic E-state index is 12.7. The summed E-state index contributed by atoms with van der Waals surface area (Å²) in [5.74, 6) is 2.55. The highest BCUT2D eigenvalue weighted by atomic mass is 19.4. The molecule has 0 saturated heterocycles. The fourth-order valence-corrected chi connectivity index (χ4v) is 7.07. The predicted molar refractivity (Wildman–Crippen MR) is 134 cm³/mol. The second kappa shape index (κ2) is 10.0. The van der Waals surface area contributed by atoms with Gasteiger partial charge >= 0.3 is 6.36 Å². The monoisotopic (exact) mass is 514 g/mol. The Hall–Kier alpha value is -3.06. The molecule has 4 aliphatic rings. The molecule has 4 aliphatic carbocycles. The van der Waals surface area contributed by atoms with Gasteiger partial charge in [-0.1, -0.05) is 32.0 Å². The number of aromatic nitrogens is 2. The number of para-hydroxylation sites is 1. The Morgan fingerprint density at radius 3 is 2.54 bits per heavy atom. The summed E-state index contributed by atoms with van der Waals surface area (Å²) in [6, 6.07) is 9.16. The van der Waals surface area contributed by atoms with E-state index in [1.54, 1.807) is 12.1 Å². The van der Waals surface area contributed by atoms with Crippen LogP contribution in [0, 0.1) is 34.5 Å². The minimum atomic E-state index is -4.78. The van der Waals surface area contributed by atoms with Gasteiger partial charge in [-0.2, -0.15) is 10.2 Å². The van der Waals surface area contributed by atoms with E-state index in [1.807, 2.05) is 0 Å². The van der Waals surface area contributed by atoms with E-state index < -0.39 is 6.36 Å². The Balaban J connectivity index is 1.26. The van der Waals surface area contributed by atoms with Crippen molar-refractivity contribution in [3.8, 4) is 11.8 Å². The van der Waals surface area contributed by atoms with Gasteiger partial charge in [0.15, 0.2) is 0 Å². The number of hydrogen-bond donors (Lipinski definition) is 3. The van der Waals surface area contributed by atoms with Crippen LogP contribution in [0.1, 0.15) is 57.1 Å². The number of alkyl halides is 3. The minimum Gasteiger partial charge on any atom is -0.405 e. The van der Waals surface area contributed by atoms with Gasteiger partial charge in [0, 0.05) is 30.7 Å². The average Bonchev–Trinajstić information content (AvgIpc) is 2.83. The van der Waals surface area contributed by atoms with Crippen LogP contribution in [-0.4, -0.2) is 35.0 Å². The number of nitrogens with one attached hydrogen (secondary N) is 3. The zero-order valence-electron chi connectivity index (χ0n) is 21.1. The third-order valence-electron chi connectivity index (χ3n) is 8.10. The van der Waals surface area contributed by atoms with Crippen LogP contribution >= 0.6 is 0 Å². The first-order valence-electron chi connectivity index (χ1n) is 13.0. The molecule has 10 heteroatoms. The number of benzene rings is 1. The molecule has 7 nitrogen and oxygen atoms in total. The molecule has 0 aliphatic heterocycles. The van der Waals surface area contributed by atoms with Gasteiger partial charge in [0.2, 0.25) is 5.95 Å². The maximum atomic E-state index is 12.7. The van der Waals surface area contributed by atoms with Crippen LogP contribution in [0.5, 0.6) is 5.75 Å². The molecule has 1 heterocycles. The van der Waals surface area contributed by atoms with E-state index in [0.717, 1.165) is 12.5 Å². The lowest BCUT2D eigenvalue weighted by Crippen LogP contribution is -2.60. The Labute approximate surface area is 215 Å². The van der Waals surface area contributed by atoms with Crippen molar-refractivity contribution in [3.05, 3.63) is 41.6 Å². The Morgan fingerprint density at radius 2 is 1.86 bits per heavy atom. The highest BCUT2D eigenvalue weighted by molar-refractivity contribution is 5.53. The van der Waals surface area contributed by atoms with Gasteiger partial charge in [-0.05, 0) is 61.3 Å². The summed E-state index contributed by atoms with van der Waals surface area (Å²) in [5, 5.41) is 19.9. The highest BCUT2D eigenvalue weighted by Gasteiger charge is 2.55. The first-order chi connectivity index (χ1) is 17.6. The molecule has 0 amide bonds. The molecular formula is C27H33F3N6O.